The summed E-state index contributed by atoms with van der Waals surface area (Å²) in [7, 11) is 0. The number of aryl methyl sites for hydroxylation is 2. The normalized spacial score (nSPS) is 10.4. The molecule has 0 atom stereocenters. The van der Waals surface area contributed by atoms with Crippen molar-refractivity contribution in [2.75, 3.05) is 24.8 Å². The fraction of sp³-hybridized carbons (Fsp3) is 0.400. The SMILES string of the molecule is CCOc1ccc(NC(=O)COC(=O)CCc2c(C)nc(SC)nc2C)cc1. The van der Waals surface area contributed by atoms with Crippen LogP contribution < -0.4 is 10.1 Å². The highest BCUT2D eigenvalue weighted by Crippen LogP contribution is 2.18. The second-order valence-electron chi connectivity index (χ2n) is 6.03. The molecule has 1 amide bonds. The summed E-state index contributed by atoms with van der Waals surface area (Å²) in [5.74, 6) is -0.0980. The van der Waals surface area contributed by atoms with Crippen molar-refractivity contribution in [3.63, 3.8) is 0 Å². The minimum Gasteiger partial charge on any atom is -0.494 e. The molecule has 0 fully saturated rings. The number of carbonyl (C=O) groups excluding carboxylic acids is 2. The van der Waals surface area contributed by atoms with Crippen LogP contribution in [0.25, 0.3) is 0 Å². The van der Waals surface area contributed by atoms with Crippen molar-refractivity contribution in [2.45, 2.75) is 38.8 Å². The number of hydrogen-bond acceptors (Lipinski definition) is 7. The van der Waals surface area contributed by atoms with Crippen LogP contribution in [0.5, 0.6) is 5.75 Å². The zero-order chi connectivity index (χ0) is 20.5. The quantitative estimate of drug-likeness (QED) is 0.390. The second kappa shape index (κ2) is 10.7. The number of amides is 1. The van der Waals surface area contributed by atoms with E-state index in [1.807, 2.05) is 27.0 Å². The van der Waals surface area contributed by atoms with Gasteiger partial charge in [-0.15, -0.1) is 0 Å². The van der Waals surface area contributed by atoms with Crippen molar-refractivity contribution in [3.8, 4) is 5.75 Å². The molecule has 1 heterocycles. The highest BCUT2D eigenvalue weighted by atomic mass is 32.2. The fourth-order valence-electron chi connectivity index (χ4n) is 2.61. The van der Waals surface area contributed by atoms with Crippen molar-refractivity contribution in [1.29, 1.82) is 0 Å². The molecule has 0 bridgehead atoms. The minimum atomic E-state index is -0.436. The van der Waals surface area contributed by atoms with Crippen molar-refractivity contribution in [1.82, 2.24) is 9.97 Å². The average Bonchev–Trinajstić information content (AvgIpc) is 2.67. The van der Waals surface area contributed by atoms with Crippen LogP contribution in [-0.2, 0) is 20.7 Å². The summed E-state index contributed by atoms with van der Waals surface area (Å²) in [6, 6.07) is 6.99. The third-order valence-electron chi connectivity index (χ3n) is 3.98. The van der Waals surface area contributed by atoms with Crippen molar-refractivity contribution in [2.24, 2.45) is 0 Å². The summed E-state index contributed by atoms with van der Waals surface area (Å²) >= 11 is 1.48. The number of aromatic nitrogens is 2. The first kappa shape index (κ1) is 21.7. The van der Waals surface area contributed by atoms with E-state index in [-0.39, 0.29) is 13.0 Å². The van der Waals surface area contributed by atoms with Gasteiger partial charge in [-0.25, -0.2) is 9.97 Å². The summed E-state index contributed by atoms with van der Waals surface area (Å²) in [5.41, 5.74) is 3.27. The van der Waals surface area contributed by atoms with Gasteiger partial charge in [0.15, 0.2) is 11.8 Å². The van der Waals surface area contributed by atoms with Crippen LogP contribution in [0.1, 0.15) is 30.3 Å². The summed E-state index contributed by atoms with van der Waals surface area (Å²) in [6.45, 7) is 5.96. The van der Waals surface area contributed by atoms with E-state index in [1.54, 1.807) is 24.3 Å². The summed E-state index contributed by atoms with van der Waals surface area (Å²) < 4.78 is 10.4. The van der Waals surface area contributed by atoms with E-state index >= 15 is 0 Å². The number of hydrogen-bond donors (Lipinski definition) is 1. The summed E-state index contributed by atoms with van der Waals surface area (Å²) in [5, 5.41) is 3.39. The number of anilines is 1. The molecular weight excluding hydrogens is 378 g/mol. The maximum absolute atomic E-state index is 12.0. The minimum absolute atomic E-state index is 0.167. The maximum atomic E-state index is 12.0. The predicted octanol–water partition coefficient (Wildman–Crippen LogP) is 3.33. The van der Waals surface area contributed by atoms with E-state index in [4.69, 9.17) is 9.47 Å². The van der Waals surface area contributed by atoms with Gasteiger partial charge in [0.1, 0.15) is 5.75 Å². The molecule has 0 aliphatic rings. The first-order valence-electron chi connectivity index (χ1n) is 8.99. The van der Waals surface area contributed by atoms with Gasteiger partial charge < -0.3 is 14.8 Å². The molecule has 0 spiro atoms. The van der Waals surface area contributed by atoms with E-state index in [9.17, 15) is 9.59 Å². The molecule has 150 valence electrons. The standard InChI is InChI=1S/C20H25N3O4S/c1-5-26-16-8-6-15(7-9-16)23-18(24)12-27-19(25)11-10-17-13(2)21-20(28-4)22-14(17)3/h6-9H,5,10-12H2,1-4H3,(H,23,24). The zero-order valence-electron chi connectivity index (χ0n) is 16.6. The Kier molecular flexibility index (Phi) is 8.25. The number of ether oxygens (including phenoxy) is 2. The molecule has 0 radical (unpaired) electrons. The van der Waals surface area contributed by atoms with Crippen LogP contribution in [0.2, 0.25) is 0 Å². The second-order valence-corrected chi connectivity index (χ2v) is 6.80. The van der Waals surface area contributed by atoms with Crippen LogP contribution in [0.3, 0.4) is 0 Å². The topological polar surface area (TPSA) is 90.4 Å². The molecule has 1 aromatic heterocycles. The van der Waals surface area contributed by atoms with E-state index in [2.05, 4.69) is 15.3 Å². The van der Waals surface area contributed by atoms with Gasteiger partial charge in [-0.1, -0.05) is 11.8 Å². The molecule has 1 N–H and O–H groups in total. The van der Waals surface area contributed by atoms with Crippen LogP contribution >= 0.6 is 11.8 Å². The number of esters is 1. The lowest BCUT2D eigenvalue weighted by Crippen LogP contribution is -2.21. The average molecular weight is 404 g/mol. The summed E-state index contributed by atoms with van der Waals surface area (Å²) in [6.07, 6.45) is 2.56. The Morgan fingerprint density at radius 2 is 1.75 bits per heavy atom. The van der Waals surface area contributed by atoms with E-state index in [0.717, 1.165) is 22.7 Å². The molecule has 0 unspecified atom stereocenters. The molecule has 8 heteroatoms. The number of rotatable bonds is 9. The molecular formula is C20H25N3O4S. The van der Waals surface area contributed by atoms with Gasteiger partial charge in [-0.3, -0.25) is 9.59 Å². The first-order valence-corrected chi connectivity index (χ1v) is 10.2. The smallest absolute Gasteiger partial charge is 0.306 e. The Morgan fingerprint density at radius 3 is 2.32 bits per heavy atom. The first-order chi connectivity index (χ1) is 13.4. The van der Waals surface area contributed by atoms with Gasteiger partial charge in [0, 0.05) is 23.5 Å². The van der Waals surface area contributed by atoms with Gasteiger partial charge in [0.05, 0.1) is 6.61 Å². The number of nitrogens with zero attached hydrogens (tertiary/aromatic N) is 2. The van der Waals surface area contributed by atoms with E-state index in [0.29, 0.717) is 23.9 Å². The molecule has 0 aliphatic carbocycles. The molecule has 1 aromatic carbocycles. The highest BCUT2D eigenvalue weighted by molar-refractivity contribution is 7.98. The van der Waals surface area contributed by atoms with Gasteiger partial charge in [0.25, 0.3) is 5.91 Å². The molecule has 0 saturated carbocycles. The van der Waals surface area contributed by atoms with Crippen molar-refractivity contribution >= 4 is 29.3 Å². The van der Waals surface area contributed by atoms with Crippen LogP contribution in [0, 0.1) is 13.8 Å². The Hall–Kier alpha value is -2.61. The molecule has 0 aliphatic heterocycles. The third kappa shape index (κ3) is 6.53. The molecule has 0 saturated heterocycles. The van der Waals surface area contributed by atoms with Crippen molar-refractivity contribution < 1.29 is 19.1 Å². The number of nitrogens with one attached hydrogen (secondary N) is 1. The van der Waals surface area contributed by atoms with E-state index < -0.39 is 11.9 Å². The third-order valence-corrected chi connectivity index (χ3v) is 4.52. The Morgan fingerprint density at radius 1 is 1.11 bits per heavy atom. The van der Waals surface area contributed by atoms with Crippen molar-refractivity contribution in [3.05, 3.63) is 41.2 Å². The number of thioether (sulfide) groups is 1. The van der Waals surface area contributed by atoms with Gasteiger partial charge >= 0.3 is 5.97 Å². The fourth-order valence-corrected chi connectivity index (χ4v) is 3.06. The Labute approximate surface area is 169 Å². The van der Waals surface area contributed by atoms with Gasteiger partial charge in [0.2, 0.25) is 0 Å². The number of carbonyl (C=O) groups is 2. The zero-order valence-corrected chi connectivity index (χ0v) is 17.4. The Bertz CT molecular complexity index is 802. The molecule has 7 nitrogen and oxygen atoms in total. The van der Waals surface area contributed by atoms with Gasteiger partial charge in [-0.2, -0.15) is 0 Å². The maximum Gasteiger partial charge on any atom is 0.306 e. The lowest BCUT2D eigenvalue weighted by molar-refractivity contribution is -0.147. The molecule has 2 rings (SSSR count). The lowest BCUT2D eigenvalue weighted by atomic mass is 10.1. The van der Waals surface area contributed by atoms with E-state index in [1.165, 1.54) is 11.8 Å². The molecule has 28 heavy (non-hydrogen) atoms. The van der Waals surface area contributed by atoms with Crippen LogP contribution in [0.4, 0.5) is 5.69 Å². The largest absolute Gasteiger partial charge is 0.494 e. The van der Waals surface area contributed by atoms with Crippen LogP contribution in [-0.4, -0.2) is 41.3 Å². The summed E-state index contributed by atoms with van der Waals surface area (Å²) in [4.78, 5) is 32.7. The van der Waals surface area contributed by atoms with Gasteiger partial charge in [-0.05, 0) is 63.3 Å². The van der Waals surface area contributed by atoms with Crippen LogP contribution in [0.15, 0.2) is 29.4 Å². The Balaban J connectivity index is 1.78. The number of benzene rings is 1. The monoisotopic (exact) mass is 403 g/mol. The predicted molar refractivity (Wildman–Crippen MR) is 109 cm³/mol. The highest BCUT2D eigenvalue weighted by Gasteiger charge is 2.13. The lowest BCUT2D eigenvalue weighted by Gasteiger charge is -2.10. The molecule has 2 aromatic rings.